The minimum absolute atomic E-state index is 0.139. The third-order valence-electron chi connectivity index (χ3n) is 4.22. The summed E-state index contributed by atoms with van der Waals surface area (Å²) in [7, 11) is 1.74. The van der Waals surface area contributed by atoms with Gasteiger partial charge in [-0.3, -0.25) is 15.0 Å². The van der Waals surface area contributed by atoms with E-state index >= 15 is 0 Å². The lowest BCUT2D eigenvalue weighted by atomic mass is 10.0. The molecule has 8 nitrogen and oxygen atoms in total. The Hall–Kier alpha value is -2.59. The number of hydrogen-bond acceptors (Lipinski definition) is 5. The summed E-state index contributed by atoms with van der Waals surface area (Å²) < 4.78 is 1.34. The normalized spacial score (nSPS) is 16.0. The molecule has 2 amide bonds. The number of allylic oxidation sites excluding steroid dienone is 2. The molecule has 0 bridgehead atoms. The number of pyridine rings is 1. The van der Waals surface area contributed by atoms with Gasteiger partial charge in [-0.15, -0.1) is 18.2 Å². The van der Waals surface area contributed by atoms with Crippen LogP contribution in [0, 0.1) is 0 Å². The van der Waals surface area contributed by atoms with Crippen molar-refractivity contribution in [3.63, 3.8) is 0 Å². The van der Waals surface area contributed by atoms with Gasteiger partial charge in [-0.25, -0.2) is 15.1 Å². The van der Waals surface area contributed by atoms with Crippen LogP contribution in [0.4, 0.5) is 0 Å². The van der Waals surface area contributed by atoms with Gasteiger partial charge in [0.2, 0.25) is 0 Å². The zero-order chi connectivity index (χ0) is 22.5. The number of rotatable bonds is 7. The average Bonchev–Trinajstić information content (AvgIpc) is 3.11. The van der Waals surface area contributed by atoms with Gasteiger partial charge in [0.25, 0.3) is 11.8 Å². The van der Waals surface area contributed by atoms with Gasteiger partial charge in [-0.1, -0.05) is 29.3 Å². The summed E-state index contributed by atoms with van der Waals surface area (Å²) in [5.41, 5.74) is 6.33. The fourth-order valence-corrected chi connectivity index (χ4v) is 3.76. The Morgan fingerprint density at radius 2 is 2.13 bits per heavy atom. The van der Waals surface area contributed by atoms with Crippen molar-refractivity contribution >= 4 is 60.1 Å². The number of carbonyl (C=O) groups is 2. The summed E-state index contributed by atoms with van der Waals surface area (Å²) in [6.45, 7) is 3.92. The molecule has 0 saturated carbocycles. The number of nitrogens with one attached hydrogen (secondary N) is 3. The van der Waals surface area contributed by atoms with Crippen molar-refractivity contribution in [2.75, 3.05) is 6.54 Å². The molecule has 12 heteroatoms. The first kappa shape index (κ1) is 23.1. The van der Waals surface area contributed by atoms with Gasteiger partial charge in [0.05, 0.1) is 16.0 Å². The molecular weight excluding hydrogens is 461 g/mol. The maximum absolute atomic E-state index is 13.1. The molecule has 160 valence electrons. The van der Waals surface area contributed by atoms with Crippen molar-refractivity contribution in [1.29, 1.82) is 0 Å². The fraction of sp³-hybridized carbons (Fsp3) is 0.158. The zero-order valence-electron chi connectivity index (χ0n) is 16.5. The van der Waals surface area contributed by atoms with Crippen LogP contribution in [0.3, 0.4) is 0 Å². The predicted octanol–water partition coefficient (Wildman–Crippen LogP) is 1.10. The third kappa shape index (κ3) is 5.37. The molecule has 2 aromatic rings. The van der Waals surface area contributed by atoms with E-state index in [0.29, 0.717) is 28.0 Å². The Bertz CT molecular complexity index is 1100. The van der Waals surface area contributed by atoms with Crippen LogP contribution < -0.4 is 21.8 Å². The molecule has 31 heavy (non-hydrogen) atoms. The van der Waals surface area contributed by atoms with Crippen LogP contribution in [-0.2, 0) is 4.79 Å². The van der Waals surface area contributed by atoms with E-state index < -0.39 is 17.2 Å². The Morgan fingerprint density at radius 3 is 2.84 bits per heavy atom. The number of carbonyl (C=O) groups excluding carboxylic acids is 2. The largest absolute Gasteiger partial charge is 0.322 e. The Morgan fingerprint density at radius 1 is 1.35 bits per heavy atom. The third-order valence-corrected chi connectivity index (χ3v) is 5.15. The summed E-state index contributed by atoms with van der Waals surface area (Å²) in [5, 5.41) is 7.07. The van der Waals surface area contributed by atoms with E-state index in [1.54, 1.807) is 38.3 Å². The second-order valence-corrected chi connectivity index (χ2v) is 7.98. The summed E-state index contributed by atoms with van der Waals surface area (Å²) >= 11 is 18.8. The maximum atomic E-state index is 13.1. The molecule has 0 radical (unpaired) electrons. The number of amides is 2. The van der Waals surface area contributed by atoms with Gasteiger partial charge >= 0.3 is 0 Å². The van der Waals surface area contributed by atoms with E-state index in [-0.39, 0.29) is 23.4 Å². The highest BCUT2D eigenvalue weighted by atomic mass is 35.5. The lowest BCUT2D eigenvalue weighted by Gasteiger charge is -2.23. The van der Waals surface area contributed by atoms with E-state index in [0.717, 1.165) is 0 Å². The standard InChI is InChI=1S/C19H18BCl3N6O2/c1-2-5-25-27-18(30)11-7-10(21)8-13(23)16(11)26-19(31)14-9-15(20)28-29(14)17-12(22)4-3-6-24-17/h2-4,6-7,9,13,25H,1,5,8,20H2,(H,26,31)(H,27,30). The quantitative estimate of drug-likeness (QED) is 0.182. The van der Waals surface area contributed by atoms with E-state index in [1.807, 2.05) is 0 Å². The number of nitrogens with zero attached hydrogens (tertiary/aromatic N) is 3. The van der Waals surface area contributed by atoms with E-state index in [1.165, 1.54) is 10.8 Å². The van der Waals surface area contributed by atoms with Crippen molar-refractivity contribution in [2.24, 2.45) is 0 Å². The Labute approximate surface area is 194 Å². The first-order valence-corrected chi connectivity index (χ1v) is 10.4. The van der Waals surface area contributed by atoms with Crippen LogP contribution in [0.1, 0.15) is 16.9 Å². The maximum Gasteiger partial charge on any atom is 0.274 e. The second kappa shape index (κ2) is 10.1. The fourth-order valence-electron chi connectivity index (χ4n) is 2.88. The SMILES string of the molecule is Bc1cc(C(=O)NC2=C(C(=O)NNCC=C)C=C(Cl)CC2Cl)n(-c2ncccc2Cl)n1. The van der Waals surface area contributed by atoms with E-state index in [2.05, 4.69) is 32.8 Å². The summed E-state index contributed by atoms with van der Waals surface area (Å²) in [6, 6.07) is 4.90. The van der Waals surface area contributed by atoms with Crippen LogP contribution in [0.2, 0.25) is 5.02 Å². The molecule has 1 unspecified atom stereocenters. The average molecular weight is 480 g/mol. The Balaban J connectivity index is 1.95. The van der Waals surface area contributed by atoms with Crippen molar-refractivity contribution in [3.8, 4) is 5.82 Å². The molecule has 2 aromatic heterocycles. The van der Waals surface area contributed by atoms with Crippen LogP contribution in [0.15, 0.2) is 59.4 Å². The van der Waals surface area contributed by atoms with Crippen molar-refractivity contribution in [1.82, 2.24) is 30.9 Å². The van der Waals surface area contributed by atoms with E-state index in [4.69, 9.17) is 34.8 Å². The number of hydrogen-bond donors (Lipinski definition) is 3. The monoisotopic (exact) mass is 478 g/mol. The molecule has 0 fully saturated rings. The molecule has 0 spiro atoms. The number of hydrazine groups is 1. The predicted molar refractivity (Wildman–Crippen MR) is 124 cm³/mol. The van der Waals surface area contributed by atoms with Crippen LogP contribution in [-0.4, -0.2) is 46.3 Å². The first-order chi connectivity index (χ1) is 14.8. The van der Waals surface area contributed by atoms with Crippen molar-refractivity contribution in [3.05, 3.63) is 70.1 Å². The van der Waals surface area contributed by atoms with Gasteiger partial charge in [0.15, 0.2) is 13.7 Å². The molecule has 0 aliphatic heterocycles. The molecule has 0 saturated heterocycles. The molecule has 1 atom stereocenters. The van der Waals surface area contributed by atoms with Crippen LogP contribution >= 0.6 is 34.8 Å². The highest BCUT2D eigenvalue weighted by Crippen LogP contribution is 2.29. The van der Waals surface area contributed by atoms with Gasteiger partial charge in [-0.05, 0) is 24.3 Å². The van der Waals surface area contributed by atoms with Gasteiger partial charge in [0.1, 0.15) is 5.69 Å². The van der Waals surface area contributed by atoms with Gasteiger partial charge in [-0.2, -0.15) is 5.10 Å². The summed E-state index contributed by atoms with van der Waals surface area (Å²) in [6.07, 6.45) is 4.86. The topological polar surface area (TPSA) is 101 Å². The first-order valence-electron chi connectivity index (χ1n) is 9.19. The number of halogens is 3. The van der Waals surface area contributed by atoms with Gasteiger partial charge < -0.3 is 5.32 Å². The molecule has 3 N–H and O–H groups in total. The lowest BCUT2D eigenvalue weighted by molar-refractivity contribution is -0.118. The van der Waals surface area contributed by atoms with E-state index in [9.17, 15) is 9.59 Å². The summed E-state index contributed by atoms with van der Waals surface area (Å²) in [5.74, 6) is -0.728. The molecule has 3 rings (SSSR count). The number of alkyl halides is 1. The van der Waals surface area contributed by atoms with Gasteiger partial charge in [0, 0.05) is 35.5 Å². The van der Waals surface area contributed by atoms with Crippen molar-refractivity contribution < 1.29 is 9.59 Å². The molecule has 0 aromatic carbocycles. The van der Waals surface area contributed by atoms with Crippen molar-refractivity contribution in [2.45, 2.75) is 11.8 Å². The zero-order valence-corrected chi connectivity index (χ0v) is 18.7. The minimum atomic E-state index is -0.711. The second-order valence-electron chi connectivity index (χ2n) is 6.56. The number of aromatic nitrogens is 3. The minimum Gasteiger partial charge on any atom is -0.322 e. The highest BCUT2D eigenvalue weighted by Gasteiger charge is 2.28. The molecule has 1 aliphatic rings. The molecular formula is C19H18BCl3N6O2. The van der Waals surface area contributed by atoms with Crippen LogP contribution in [0.5, 0.6) is 0 Å². The molecule has 1 aliphatic carbocycles. The highest BCUT2D eigenvalue weighted by molar-refractivity contribution is 6.33. The molecule has 2 heterocycles. The lowest BCUT2D eigenvalue weighted by Crippen LogP contribution is -2.41. The smallest absolute Gasteiger partial charge is 0.274 e. The Kier molecular flexibility index (Phi) is 7.56. The summed E-state index contributed by atoms with van der Waals surface area (Å²) in [4.78, 5) is 29.9. The van der Waals surface area contributed by atoms with Crippen LogP contribution in [0.25, 0.3) is 5.82 Å².